The van der Waals surface area contributed by atoms with Gasteiger partial charge in [-0.1, -0.05) is 12.1 Å². The summed E-state index contributed by atoms with van der Waals surface area (Å²) in [4.78, 5) is 14.3. The summed E-state index contributed by atoms with van der Waals surface area (Å²) < 4.78 is 0. The lowest BCUT2D eigenvalue weighted by atomic mass is 10.2. The third-order valence-corrected chi connectivity index (χ3v) is 2.39. The first-order valence-corrected chi connectivity index (χ1v) is 5.30. The molecule has 2 rings (SSSR count). The summed E-state index contributed by atoms with van der Waals surface area (Å²) >= 11 is 0. The van der Waals surface area contributed by atoms with Crippen LogP contribution in [0.5, 0.6) is 0 Å². The number of nitro benzene ring substituents is 1. The number of hydrogen-bond acceptors (Lipinski definition) is 4. The maximum Gasteiger partial charge on any atom is 0.269 e. The van der Waals surface area contributed by atoms with Crippen molar-refractivity contribution in [3.8, 4) is 0 Å². The van der Waals surface area contributed by atoms with E-state index >= 15 is 0 Å². The van der Waals surface area contributed by atoms with Gasteiger partial charge in [0.05, 0.1) is 16.3 Å². The number of nitrogens with zero attached hydrogens (tertiary/aromatic N) is 2. The molecular formula is C13H11N3O2. The fraction of sp³-hybridized carbons (Fsp3) is 0. The molecule has 0 aliphatic carbocycles. The molecule has 0 aliphatic heterocycles. The Labute approximate surface area is 104 Å². The summed E-state index contributed by atoms with van der Waals surface area (Å²) in [5.41, 5.74) is 7.86. The maximum absolute atomic E-state index is 10.5. The molecule has 2 N–H and O–H groups in total. The molecule has 0 aromatic heterocycles. The van der Waals surface area contributed by atoms with Crippen LogP contribution < -0.4 is 5.73 Å². The Morgan fingerprint density at radius 3 is 2.39 bits per heavy atom. The number of aliphatic imine (C=N–C) groups is 1. The molecule has 0 saturated heterocycles. The van der Waals surface area contributed by atoms with Crippen LogP contribution >= 0.6 is 0 Å². The minimum Gasteiger partial charge on any atom is -0.397 e. The maximum atomic E-state index is 10.5. The molecule has 2 aromatic rings. The number of nitrogen functional groups attached to an aromatic ring is 1. The topological polar surface area (TPSA) is 81.5 Å². The molecule has 0 bridgehead atoms. The lowest BCUT2D eigenvalue weighted by molar-refractivity contribution is -0.384. The van der Waals surface area contributed by atoms with Crippen LogP contribution in [0.2, 0.25) is 0 Å². The Bertz CT molecular complexity index is 591. The van der Waals surface area contributed by atoms with E-state index in [9.17, 15) is 10.1 Å². The predicted molar refractivity (Wildman–Crippen MR) is 71.2 cm³/mol. The van der Waals surface area contributed by atoms with Gasteiger partial charge in [-0.05, 0) is 29.8 Å². The average Bonchev–Trinajstić information content (AvgIpc) is 2.38. The fourth-order valence-corrected chi connectivity index (χ4v) is 1.43. The molecule has 0 amide bonds. The second-order valence-electron chi connectivity index (χ2n) is 3.67. The van der Waals surface area contributed by atoms with Gasteiger partial charge in [-0.3, -0.25) is 15.1 Å². The lowest BCUT2D eigenvalue weighted by Gasteiger charge is -1.98. The molecular weight excluding hydrogens is 230 g/mol. The van der Waals surface area contributed by atoms with Crippen molar-refractivity contribution in [1.82, 2.24) is 0 Å². The first-order valence-electron chi connectivity index (χ1n) is 5.30. The number of benzene rings is 2. The number of para-hydroxylation sites is 2. The van der Waals surface area contributed by atoms with Crippen molar-refractivity contribution in [2.75, 3.05) is 5.73 Å². The van der Waals surface area contributed by atoms with Crippen LogP contribution in [0.25, 0.3) is 0 Å². The van der Waals surface area contributed by atoms with Crippen molar-refractivity contribution in [2.45, 2.75) is 0 Å². The second-order valence-corrected chi connectivity index (χ2v) is 3.67. The number of hydrogen-bond donors (Lipinski definition) is 1. The SMILES string of the molecule is Nc1ccccc1N=Cc1ccc([N+](=O)[O-])cc1. The van der Waals surface area contributed by atoms with Gasteiger partial charge < -0.3 is 5.73 Å². The number of nitrogens with two attached hydrogens (primary N) is 1. The zero-order valence-corrected chi connectivity index (χ0v) is 9.48. The van der Waals surface area contributed by atoms with Crippen LogP contribution in [0.4, 0.5) is 17.1 Å². The van der Waals surface area contributed by atoms with E-state index in [-0.39, 0.29) is 5.69 Å². The number of non-ortho nitro benzene ring substituents is 1. The van der Waals surface area contributed by atoms with Gasteiger partial charge in [-0.2, -0.15) is 0 Å². The normalized spacial score (nSPS) is 10.7. The van der Waals surface area contributed by atoms with Gasteiger partial charge in [0.25, 0.3) is 5.69 Å². The second kappa shape index (κ2) is 5.09. The summed E-state index contributed by atoms with van der Waals surface area (Å²) in [5, 5.41) is 10.5. The fourth-order valence-electron chi connectivity index (χ4n) is 1.43. The highest BCUT2D eigenvalue weighted by Gasteiger charge is 2.02. The van der Waals surface area contributed by atoms with Gasteiger partial charge in [0.2, 0.25) is 0 Å². The van der Waals surface area contributed by atoms with Crippen molar-refractivity contribution < 1.29 is 4.92 Å². The minimum atomic E-state index is -0.434. The molecule has 0 radical (unpaired) electrons. The summed E-state index contributed by atoms with van der Waals surface area (Å²) in [6.07, 6.45) is 1.62. The van der Waals surface area contributed by atoms with Crippen molar-refractivity contribution in [3.05, 3.63) is 64.2 Å². The van der Waals surface area contributed by atoms with Gasteiger partial charge >= 0.3 is 0 Å². The first kappa shape index (κ1) is 11.8. The summed E-state index contributed by atoms with van der Waals surface area (Å²) in [5.74, 6) is 0. The van der Waals surface area contributed by atoms with Crippen molar-refractivity contribution in [2.24, 2.45) is 4.99 Å². The highest BCUT2D eigenvalue weighted by molar-refractivity contribution is 5.84. The van der Waals surface area contributed by atoms with E-state index in [1.54, 1.807) is 30.5 Å². The van der Waals surface area contributed by atoms with Gasteiger partial charge in [0.1, 0.15) is 0 Å². The number of anilines is 1. The van der Waals surface area contributed by atoms with Crippen LogP contribution in [-0.4, -0.2) is 11.1 Å². The van der Waals surface area contributed by atoms with Crippen LogP contribution in [0.3, 0.4) is 0 Å². The molecule has 18 heavy (non-hydrogen) atoms. The Balaban J connectivity index is 2.19. The quantitative estimate of drug-likeness (QED) is 0.388. The summed E-state index contributed by atoms with van der Waals surface area (Å²) in [6, 6.07) is 13.4. The largest absolute Gasteiger partial charge is 0.397 e. The van der Waals surface area contributed by atoms with E-state index in [2.05, 4.69) is 4.99 Å². The molecule has 0 unspecified atom stereocenters. The van der Waals surface area contributed by atoms with E-state index < -0.39 is 4.92 Å². The first-order chi connectivity index (χ1) is 8.66. The van der Waals surface area contributed by atoms with Crippen LogP contribution in [0, 0.1) is 10.1 Å². The zero-order chi connectivity index (χ0) is 13.0. The van der Waals surface area contributed by atoms with E-state index in [0.29, 0.717) is 11.4 Å². The number of rotatable bonds is 3. The third kappa shape index (κ3) is 2.70. The smallest absolute Gasteiger partial charge is 0.269 e. The molecule has 0 atom stereocenters. The van der Waals surface area contributed by atoms with Crippen LogP contribution in [-0.2, 0) is 0 Å². The predicted octanol–water partition coefficient (Wildman–Crippen LogP) is 2.93. The third-order valence-electron chi connectivity index (χ3n) is 2.39. The molecule has 0 spiro atoms. The van der Waals surface area contributed by atoms with Gasteiger partial charge in [0.15, 0.2) is 0 Å². The van der Waals surface area contributed by atoms with E-state index in [0.717, 1.165) is 5.56 Å². The van der Waals surface area contributed by atoms with Crippen molar-refractivity contribution in [1.29, 1.82) is 0 Å². The van der Waals surface area contributed by atoms with Crippen molar-refractivity contribution >= 4 is 23.3 Å². The Kier molecular flexibility index (Phi) is 3.33. The van der Waals surface area contributed by atoms with Crippen LogP contribution in [0.15, 0.2) is 53.5 Å². The van der Waals surface area contributed by atoms with Gasteiger partial charge in [-0.15, -0.1) is 0 Å². The average molecular weight is 241 g/mol. The molecule has 0 aliphatic rings. The molecule has 0 saturated carbocycles. The summed E-state index contributed by atoms with van der Waals surface area (Å²) in [7, 11) is 0. The van der Waals surface area contributed by atoms with Crippen molar-refractivity contribution in [3.63, 3.8) is 0 Å². The molecule has 0 heterocycles. The highest BCUT2D eigenvalue weighted by atomic mass is 16.6. The van der Waals surface area contributed by atoms with E-state index in [4.69, 9.17) is 5.73 Å². The molecule has 2 aromatic carbocycles. The lowest BCUT2D eigenvalue weighted by Crippen LogP contribution is -1.88. The molecule has 5 heteroatoms. The monoisotopic (exact) mass is 241 g/mol. The molecule has 90 valence electrons. The highest BCUT2D eigenvalue weighted by Crippen LogP contribution is 2.20. The van der Waals surface area contributed by atoms with E-state index in [1.807, 2.05) is 12.1 Å². The molecule has 0 fully saturated rings. The van der Waals surface area contributed by atoms with Gasteiger partial charge in [0, 0.05) is 18.3 Å². The zero-order valence-electron chi connectivity index (χ0n) is 9.48. The van der Waals surface area contributed by atoms with Crippen LogP contribution in [0.1, 0.15) is 5.56 Å². The van der Waals surface area contributed by atoms with Gasteiger partial charge in [-0.25, -0.2) is 0 Å². The molecule has 5 nitrogen and oxygen atoms in total. The summed E-state index contributed by atoms with van der Waals surface area (Å²) in [6.45, 7) is 0. The van der Waals surface area contributed by atoms with E-state index in [1.165, 1.54) is 12.1 Å². The number of nitro groups is 1. The Hall–Kier alpha value is -2.69. The minimum absolute atomic E-state index is 0.0615. The Morgan fingerprint density at radius 2 is 1.78 bits per heavy atom. The standard InChI is InChI=1S/C13H11N3O2/c14-12-3-1-2-4-13(12)15-9-10-5-7-11(8-6-10)16(17)18/h1-9H,14H2. The Morgan fingerprint density at radius 1 is 1.11 bits per heavy atom.